The number of para-hydroxylation sites is 1. The van der Waals surface area contributed by atoms with Crippen molar-refractivity contribution in [3.05, 3.63) is 75.5 Å². The lowest BCUT2D eigenvalue weighted by Crippen LogP contribution is -2.17. The van der Waals surface area contributed by atoms with Crippen molar-refractivity contribution in [3.63, 3.8) is 0 Å². The molecule has 0 aliphatic heterocycles. The van der Waals surface area contributed by atoms with Crippen molar-refractivity contribution in [1.82, 2.24) is 19.6 Å². The Hall–Kier alpha value is -3.15. The zero-order chi connectivity index (χ0) is 19.7. The maximum atomic E-state index is 12.5. The number of aryl methyl sites for hydroxylation is 2. The van der Waals surface area contributed by atoms with E-state index in [4.69, 9.17) is 0 Å². The SMILES string of the molecule is CCc1cccc(C)c1NCc1cc(=O)n2[nH]c(C3=CC(C)CC=C3)nc2n1. The number of nitrogens with zero attached hydrogens (tertiary/aromatic N) is 3. The third-order valence-electron chi connectivity index (χ3n) is 5.11. The lowest BCUT2D eigenvalue weighted by Gasteiger charge is -2.13. The largest absolute Gasteiger partial charge is 0.379 e. The monoisotopic (exact) mass is 375 g/mol. The molecule has 3 aromatic rings. The number of aromatic amines is 1. The number of hydrogen-bond acceptors (Lipinski definition) is 4. The molecule has 2 heterocycles. The summed E-state index contributed by atoms with van der Waals surface area (Å²) in [5.41, 5.74) is 5.07. The molecule has 1 aromatic carbocycles. The van der Waals surface area contributed by atoms with E-state index < -0.39 is 0 Å². The average molecular weight is 375 g/mol. The van der Waals surface area contributed by atoms with Crippen LogP contribution < -0.4 is 10.9 Å². The highest BCUT2D eigenvalue weighted by molar-refractivity contribution is 5.71. The third kappa shape index (κ3) is 3.50. The van der Waals surface area contributed by atoms with E-state index in [0.29, 0.717) is 29.8 Å². The first kappa shape index (κ1) is 18.2. The normalized spacial score (nSPS) is 16.4. The van der Waals surface area contributed by atoms with Crippen LogP contribution in [-0.4, -0.2) is 19.6 Å². The van der Waals surface area contributed by atoms with E-state index in [1.54, 1.807) is 6.07 Å². The van der Waals surface area contributed by atoms with Crippen LogP contribution in [0.2, 0.25) is 0 Å². The molecule has 0 saturated heterocycles. The Bertz CT molecular complexity index is 1140. The minimum Gasteiger partial charge on any atom is -0.379 e. The fourth-order valence-electron chi connectivity index (χ4n) is 3.60. The van der Waals surface area contributed by atoms with Gasteiger partial charge >= 0.3 is 0 Å². The summed E-state index contributed by atoms with van der Waals surface area (Å²) >= 11 is 0. The Morgan fingerprint density at radius 1 is 1.32 bits per heavy atom. The molecule has 1 aliphatic rings. The Labute approximate surface area is 164 Å². The van der Waals surface area contributed by atoms with E-state index >= 15 is 0 Å². The van der Waals surface area contributed by atoms with Gasteiger partial charge in [0.05, 0.1) is 12.2 Å². The fourth-order valence-corrected chi connectivity index (χ4v) is 3.60. The third-order valence-corrected chi connectivity index (χ3v) is 5.11. The number of benzene rings is 1. The summed E-state index contributed by atoms with van der Waals surface area (Å²) in [5, 5.41) is 6.52. The van der Waals surface area contributed by atoms with Crippen molar-refractivity contribution < 1.29 is 0 Å². The molecule has 28 heavy (non-hydrogen) atoms. The number of anilines is 1. The molecule has 2 N–H and O–H groups in total. The molecule has 0 amide bonds. The molecular formula is C22H25N5O. The van der Waals surface area contributed by atoms with Crippen molar-refractivity contribution in [3.8, 4) is 0 Å². The summed E-state index contributed by atoms with van der Waals surface area (Å²) in [6.45, 7) is 6.86. The van der Waals surface area contributed by atoms with Gasteiger partial charge in [-0.05, 0) is 36.8 Å². The van der Waals surface area contributed by atoms with Crippen LogP contribution in [-0.2, 0) is 13.0 Å². The van der Waals surface area contributed by atoms with Crippen LogP contribution in [0.1, 0.15) is 42.9 Å². The summed E-state index contributed by atoms with van der Waals surface area (Å²) in [6, 6.07) is 7.82. The van der Waals surface area contributed by atoms with Crippen molar-refractivity contribution >= 4 is 17.0 Å². The number of fused-ring (bicyclic) bond motifs is 1. The molecule has 4 rings (SSSR count). The second-order valence-electron chi connectivity index (χ2n) is 7.35. The molecule has 1 atom stereocenters. The molecule has 6 heteroatoms. The summed E-state index contributed by atoms with van der Waals surface area (Å²) < 4.78 is 1.40. The van der Waals surface area contributed by atoms with Crippen LogP contribution in [0.3, 0.4) is 0 Å². The van der Waals surface area contributed by atoms with Crippen molar-refractivity contribution in [2.75, 3.05) is 5.32 Å². The average Bonchev–Trinajstić information content (AvgIpc) is 3.12. The zero-order valence-corrected chi connectivity index (χ0v) is 16.5. The Kier molecular flexibility index (Phi) is 4.86. The Morgan fingerprint density at radius 2 is 2.18 bits per heavy atom. The molecule has 0 saturated carbocycles. The molecule has 1 aliphatic carbocycles. The minimum absolute atomic E-state index is 0.158. The molecule has 1 unspecified atom stereocenters. The Balaban J connectivity index is 1.63. The molecule has 2 aromatic heterocycles. The van der Waals surface area contributed by atoms with E-state index in [1.807, 2.05) is 6.08 Å². The van der Waals surface area contributed by atoms with Gasteiger partial charge in [0.25, 0.3) is 11.3 Å². The molecule has 144 valence electrons. The van der Waals surface area contributed by atoms with Gasteiger partial charge in [0.2, 0.25) is 0 Å². The molecular weight excluding hydrogens is 350 g/mol. The van der Waals surface area contributed by atoms with Crippen LogP contribution in [0, 0.1) is 12.8 Å². The summed E-state index contributed by atoms with van der Waals surface area (Å²) in [4.78, 5) is 21.7. The maximum Gasteiger partial charge on any atom is 0.274 e. The first-order valence-electron chi connectivity index (χ1n) is 9.75. The maximum absolute atomic E-state index is 12.5. The van der Waals surface area contributed by atoms with Gasteiger partial charge in [-0.1, -0.05) is 50.3 Å². The van der Waals surface area contributed by atoms with Crippen LogP contribution in [0.4, 0.5) is 5.69 Å². The molecule has 0 bridgehead atoms. The van der Waals surface area contributed by atoms with E-state index in [1.165, 1.54) is 15.6 Å². The summed E-state index contributed by atoms with van der Waals surface area (Å²) in [7, 11) is 0. The van der Waals surface area contributed by atoms with Gasteiger partial charge in [-0.3, -0.25) is 9.89 Å². The number of rotatable bonds is 5. The highest BCUT2D eigenvalue weighted by Crippen LogP contribution is 2.23. The van der Waals surface area contributed by atoms with Gasteiger partial charge in [0.1, 0.15) is 0 Å². The van der Waals surface area contributed by atoms with Gasteiger partial charge in [-0.2, -0.15) is 9.50 Å². The predicted octanol–water partition coefficient (Wildman–Crippen LogP) is 3.88. The van der Waals surface area contributed by atoms with Crippen molar-refractivity contribution in [2.45, 2.75) is 40.2 Å². The second kappa shape index (κ2) is 7.46. The van der Waals surface area contributed by atoms with Gasteiger partial charge in [0.15, 0.2) is 5.82 Å². The van der Waals surface area contributed by atoms with Gasteiger partial charge in [0, 0.05) is 17.3 Å². The van der Waals surface area contributed by atoms with Crippen LogP contribution >= 0.6 is 0 Å². The Morgan fingerprint density at radius 3 is 2.96 bits per heavy atom. The second-order valence-corrected chi connectivity index (χ2v) is 7.35. The smallest absolute Gasteiger partial charge is 0.274 e. The first-order chi connectivity index (χ1) is 13.5. The predicted molar refractivity (Wildman–Crippen MR) is 112 cm³/mol. The number of allylic oxidation sites excluding steroid dienone is 4. The minimum atomic E-state index is -0.158. The summed E-state index contributed by atoms with van der Waals surface area (Å²) in [5.74, 6) is 1.52. The van der Waals surface area contributed by atoms with Crippen molar-refractivity contribution in [1.29, 1.82) is 0 Å². The number of aromatic nitrogens is 4. The van der Waals surface area contributed by atoms with E-state index in [2.05, 4.69) is 71.5 Å². The lowest BCUT2D eigenvalue weighted by molar-refractivity contribution is 0.738. The molecule has 6 nitrogen and oxygen atoms in total. The van der Waals surface area contributed by atoms with E-state index in [-0.39, 0.29) is 5.56 Å². The van der Waals surface area contributed by atoms with Crippen LogP contribution in [0.25, 0.3) is 11.4 Å². The summed E-state index contributed by atoms with van der Waals surface area (Å²) in [6.07, 6.45) is 8.30. The molecule has 0 radical (unpaired) electrons. The molecule has 0 spiro atoms. The number of H-pyrrole nitrogens is 1. The van der Waals surface area contributed by atoms with Gasteiger partial charge in [-0.15, -0.1) is 0 Å². The lowest BCUT2D eigenvalue weighted by atomic mass is 9.98. The van der Waals surface area contributed by atoms with E-state index in [0.717, 1.165) is 24.1 Å². The van der Waals surface area contributed by atoms with Gasteiger partial charge in [-0.25, -0.2) is 4.98 Å². The quantitative estimate of drug-likeness (QED) is 0.710. The molecule has 0 fully saturated rings. The first-order valence-corrected chi connectivity index (χ1v) is 9.75. The topological polar surface area (TPSA) is 75.1 Å². The fraction of sp³-hybridized carbons (Fsp3) is 0.318. The van der Waals surface area contributed by atoms with E-state index in [9.17, 15) is 4.79 Å². The number of hydrogen-bond donors (Lipinski definition) is 2. The highest BCUT2D eigenvalue weighted by atomic mass is 16.1. The van der Waals surface area contributed by atoms with Crippen molar-refractivity contribution in [2.24, 2.45) is 5.92 Å². The standard InChI is InChI=1S/C22H25N5O/c1-4-16-9-6-8-15(3)20(16)23-13-18-12-19(28)27-22(24-18)25-21(26-27)17-10-5-7-14(2)11-17/h5-6,8-12,14,23H,4,7,13H2,1-3H3,(H,24,25,26). The number of nitrogens with one attached hydrogen (secondary N) is 2. The van der Waals surface area contributed by atoms with Gasteiger partial charge < -0.3 is 5.32 Å². The highest BCUT2D eigenvalue weighted by Gasteiger charge is 2.13. The van der Waals surface area contributed by atoms with Crippen LogP contribution in [0.5, 0.6) is 0 Å². The van der Waals surface area contributed by atoms with Crippen LogP contribution in [0.15, 0.2) is 47.3 Å². The zero-order valence-electron chi connectivity index (χ0n) is 16.5.